The van der Waals surface area contributed by atoms with Gasteiger partial charge in [0.2, 0.25) is 5.69 Å². The van der Waals surface area contributed by atoms with Gasteiger partial charge in [-0.3, -0.25) is 0 Å². The predicted octanol–water partition coefficient (Wildman–Crippen LogP) is 1.04. The minimum atomic E-state index is -4.31. The summed E-state index contributed by atoms with van der Waals surface area (Å²) in [5.74, 6) is 0.772. The third-order valence-electron chi connectivity index (χ3n) is 3.81. The highest BCUT2D eigenvalue weighted by Gasteiger charge is 2.30. The van der Waals surface area contributed by atoms with Crippen LogP contribution in [0.1, 0.15) is 16.7 Å². The van der Waals surface area contributed by atoms with Gasteiger partial charge in [0.1, 0.15) is 5.75 Å². The van der Waals surface area contributed by atoms with Crippen molar-refractivity contribution < 1.29 is 39.5 Å². The average Bonchev–Trinajstić information content (AvgIpc) is 2.53. The van der Waals surface area contributed by atoms with E-state index in [2.05, 4.69) is 0 Å². The number of hydrogen-bond donors (Lipinski definition) is 0. The lowest BCUT2D eigenvalue weighted by Crippen LogP contribution is -3.00. The number of alkyl halides is 3. The minimum absolute atomic E-state index is 0. The Hall–Kier alpha value is -1.82. The largest absolute Gasteiger partial charge is 1.00 e. The standard InChI is InChI=1S/C17H15F3NO.BrH/c1-22-16-4-2-3-12-9-10-21(11-15(12)16)14-7-5-13(6-8-14)17(18,19)20;/h2-8,11H,9-10H2,1H3;1H/q+1;/p-1. The molecule has 1 heterocycles. The van der Waals surface area contributed by atoms with Crippen molar-refractivity contribution in [2.24, 2.45) is 0 Å². The fourth-order valence-corrected chi connectivity index (χ4v) is 2.64. The van der Waals surface area contributed by atoms with E-state index in [1.54, 1.807) is 7.11 Å². The predicted molar refractivity (Wildman–Crippen MR) is 78.1 cm³/mol. The number of rotatable bonds is 2. The highest BCUT2D eigenvalue weighted by atomic mass is 79.9. The topological polar surface area (TPSA) is 12.2 Å². The Kier molecular flexibility index (Phi) is 5.14. The van der Waals surface area contributed by atoms with Gasteiger partial charge in [0.25, 0.3) is 0 Å². The molecule has 0 aromatic heterocycles. The summed E-state index contributed by atoms with van der Waals surface area (Å²) < 4.78 is 45.2. The van der Waals surface area contributed by atoms with Gasteiger partial charge in [-0.1, -0.05) is 12.1 Å². The van der Waals surface area contributed by atoms with Crippen LogP contribution in [0.15, 0.2) is 42.5 Å². The van der Waals surface area contributed by atoms with Crippen molar-refractivity contribution in [3.05, 3.63) is 59.2 Å². The van der Waals surface area contributed by atoms with Crippen LogP contribution in [-0.2, 0) is 12.6 Å². The second-order valence-electron chi connectivity index (χ2n) is 5.15. The van der Waals surface area contributed by atoms with Gasteiger partial charge in [0, 0.05) is 18.6 Å². The second-order valence-corrected chi connectivity index (χ2v) is 5.15. The number of halogens is 4. The zero-order valence-electron chi connectivity index (χ0n) is 12.4. The molecule has 0 amide bonds. The molecule has 0 aliphatic carbocycles. The van der Waals surface area contributed by atoms with E-state index in [-0.39, 0.29) is 17.0 Å². The van der Waals surface area contributed by atoms with E-state index in [0.717, 1.165) is 42.1 Å². The maximum atomic E-state index is 12.6. The molecule has 6 heteroatoms. The molecule has 0 saturated heterocycles. The first-order valence-corrected chi connectivity index (χ1v) is 6.93. The molecule has 122 valence electrons. The Morgan fingerprint density at radius 3 is 2.35 bits per heavy atom. The summed E-state index contributed by atoms with van der Waals surface area (Å²) in [6, 6.07) is 11.1. The van der Waals surface area contributed by atoms with Crippen LogP contribution in [-0.4, -0.2) is 24.4 Å². The summed E-state index contributed by atoms with van der Waals surface area (Å²) in [5, 5.41) is 0. The zero-order valence-corrected chi connectivity index (χ0v) is 14.0. The molecule has 2 nitrogen and oxygen atoms in total. The zero-order chi connectivity index (χ0) is 15.7. The molecule has 0 fully saturated rings. The van der Waals surface area contributed by atoms with Crippen molar-refractivity contribution in [1.29, 1.82) is 0 Å². The average molecular weight is 386 g/mol. The number of nitrogens with zero attached hydrogens (tertiary/aromatic N) is 1. The van der Waals surface area contributed by atoms with Crippen molar-refractivity contribution in [2.75, 3.05) is 13.7 Å². The van der Waals surface area contributed by atoms with E-state index in [9.17, 15) is 13.2 Å². The molecular weight excluding hydrogens is 371 g/mol. The molecule has 0 unspecified atom stereocenters. The van der Waals surface area contributed by atoms with Crippen LogP contribution in [0.2, 0.25) is 0 Å². The molecule has 0 bridgehead atoms. The number of ether oxygens (including phenoxy) is 1. The van der Waals surface area contributed by atoms with Crippen LogP contribution < -0.4 is 21.7 Å². The third kappa shape index (κ3) is 3.58. The SMILES string of the molecule is COc1cccc2c1C=[N+](c1ccc(C(F)(F)F)cc1)CC2.[Br-]. The molecule has 0 saturated carbocycles. The van der Waals surface area contributed by atoms with Gasteiger partial charge >= 0.3 is 6.18 Å². The number of benzene rings is 2. The molecule has 0 N–H and O–H groups in total. The maximum absolute atomic E-state index is 12.6. The lowest BCUT2D eigenvalue weighted by molar-refractivity contribution is -0.436. The lowest BCUT2D eigenvalue weighted by Gasteiger charge is -2.15. The molecule has 1 aliphatic rings. The molecule has 1 aliphatic heterocycles. The quantitative estimate of drug-likeness (QED) is 0.703. The first-order valence-electron chi connectivity index (χ1n) is 6.93. The third-order valence-corrected chi connectivity index (χ3v) is 3.81. The van der Waals surface area contributed by atoms with E-state index >= 15 is 0 Å². The number of fused-ring (bicyclic) bond motifs is 1. The smallest absolute Gasteiger partial charge is 0.416 e. The van der Waals surface area contributed by atoms with Crippen molar-refractivity contribution >= 4 is 11.9 Å². The Morgan fingerprint density at radius 2 is 1.74 bits per heavy atom. The van der Waals surface area contributed by atoms with Crippen LogP contribution in [0.25, 0.3) is 0 Å². The highest BCUT2D eigenvalue weighted by Crippen LogP contribution is 2.31. The fraction of sp³-hybridized carbons (Fsp3) is 0.235. The van der Waals surface area contributed by atoms with Gasteiger partial charge in [-0.2, -0.15) is 17.7 Å². The van der Waals surface area contributed by atoms with Crippen LogP contribution in [0.3, 0.4) is 0 Å². The Balaban J connectivity index is 0.00000192. The molecule has 0 spiro atoms. The molecule has 2 aromatic carbocycles. The normalized spacial score (nSPS) is 13.7. The Labute approximate surface area is 143 Å². The number of methoxy groups -OCH3 is 1. The monoisotopic (exact) mass is 385 g/mol. The van der Waals surface area contributed by atoms with E-state index in [1.165, 1.54) is 17.7 Å². The van der Waals surface area contributed by atoms with Crippen molar-refractivity contribution in [1.82, 2.24) is 0 Å². The van der Waals surface area contributed by atoms with Gasteiger partial charge in [-0.25, -0.2) is 0 Å². The van der Waals surface area contributed by atoms with E-state index in [1.807, 2.05) is 29.0 Å². The van der Waals surface area contributed by atoms with E-state index < -0.39 is 11.7 Å². The molecular formula is C17H15BrF3NO. The molecule has 3 rings (SSSR count). The Bertz CT molecular complexity index is 724. The van der Waals surface area contributed by atoms with Crippen molar-refractivity contribution in [2.45, 2.75) is 12.6 Å². The van der Waals surface area contributed by atoms with Crippen LogP contribution >= 0.6 is 0 Å². The summed E-state index contributed by atoms with van der Waals surface area (Å²) in [6.07, 6.45) is -1.55. The van der Waals surface area contributed by atoms with Crippen LogP contribution in [0.4, 0.5) is 18.9 Å². The first-order chi connectivity index (χ1) is 10.5. The Morgan fingerprint density at radius 1 is 1.04 bits per heavy atom. The molecule has 0 radical (unpaired) electrons. The summed E-state index contributed by atoms with van der Waals surface area (Å²) in [5.41, 5.74) is 2.27. The molecule has 0 atom stereocenters. The second kappa shape index (κ2) is 6.74. The van der Waals surface area contributed by atoms with E-state index in [4.69, 9.17) is 4.74 Å². The maximum Gasteiger partial charge on any atom is 0.416 e. The first kappa shape index (κ1) is 17.5. The van der Waals surface area contributed by atoms with Crippen LogP contribution in [0, 0.1) is 0 Å². The van der Waals surface area contributed by atoms with Gasteiger partial charge in [-0.05, 0) is 23.8 Å². The van der Waals surface area contributed by atoms with Gasteiger partial charge in [-0.15, -0.1) is 0 Å². The highest BCUT2D eigenvalue weighted by molar-refractivity contribution is 5.83. The van der Waals surface area contributed by atoms with Gasteiger partial charge in [0.05, 0.1) is 18.2 Å². The molecule has 2 aromatic rings. The van der Waals surface area contributed by atoms with Crippen molar-refractivity contribution in [3.8, 4) is 5.75 Å². The lowest BCUT2D eigenvalue weighted by atomic mass is 10.0. The minimum Gasteiger partial charge on any atom is -1.00 e. The van der Waals surface area contributed by atoms with Crippen LogP contribution in [0.5, 0.6) is 5.75 Å². The fourth-order valence-electron chi connectivity index (χ4n) is 2.64. The van der Waals surface area contributed by atoms with Gasteiger partial charge in [0.15, 0.2) is 12.8 Å². The van der Waals surface area contributed by atoms with E-state index in [0.29, 0.717) is 0 Å². The van der Waals surface area contributed by atoms with Gasteiger partial charge < -0.3 is 21.7 Å². The number of hydrogen-bond acceptors (Lipinski definition) is 1. The summed E-state index contributed by atoms with van der Waals surface area (Å²) >= 11 is 0. The van der Waals surface area contributed by atoms with Crippen molar-refractivity contribution in [3.63, 3.8) is 0 Å². The summed E-state index contributed by atoms with van der Waals surface area (Å²) in [6.45, 7) is 0.728. The summed E-state index contributed by atoms with van der Waals surface area (Å²) in [4.78, 5) is 0. The molecule has 23 heavy (non-hydrogen) atoms. The summed E-state index contributed by atoms with van der Waals surface area (Å²) in [7, 11) is 1.61.